The molecule has 2 amide bonds. The van der Waals surface area contributed by atoms with Gasteiger partial charge >= 0.3 is 12.6 Å². The van der Waals surface area contributed by atoms with Gasteiger partial charge in [-0.05, 0) is 44.5 Å². The van der Waals surface area contributed by atoms with Crippen molar-refractivity contribution in [3.05, 3.63) is 24.3 Å². The maximum absolute atomic E-state index is 12.6. The van der Waals surface area contributed by atoms with Crippen LogP contribution in [0.25, 0.3) is 0 Å². The Morgan fingerprint density at radius 2 is 2.04 bits per heavy atom. The van der Waals surface area contributed by atoms with E-state index in [9.17, 15) is 13.6 Å². The van der Waals surface area contributed by atoms with Gasteiger partial charge in [-0.25, -0.2) is 4.79 Å². The summed E-state index contributed by atoms with van der Waals surface area (Å²) in [6.07, 6.45) is 2.09. The summed E-state index contributed by atoms with van der Waals surface area (Å²) in [5.74, 6) is 0.511. The number of nitrogens with one attached hydrogen (secondary N) is 1. The summed E-state index contributed by atoms with van der Waals surface area (Å²) in [7, 11) is 2.05. The molecule has 0 radical (unpaired) electrons. The number of para-hydroxylation sites is 2. The Bertz CT molecular complexity index is 570. The number of carbonyl (C=O) groups is 1. The van der Waals surface area contributed by atoms with Gasteiger partial charge in [-0.1, -0.05) is 12.1 Å². The second-order valence-electron chi connectivity index (χ2n) is 6.17. The quantitative estimate of drug-likeness (QED) is 0.929. The van der Waals surface area contributed by atoms with Gasteiger partial charge in [0.2, 0.25) is 0 Å². The molecule has 23 heavy (non-hydrogen) atoms. The highest BCUT2D eigenvalue weighted by Gasteiger charge is 2.39. The van der Waals surface area contributed by atoms with Gasteiger partial charge in [-0.2, -0.15) is 8.78 Å². The highest BCUT2D eigenvalue weighted by Crippen LogP contribution is 2.32. The Labute approximate surface area is 134 Å². The van der Waals surface area contributed by atoms with E-state index in [-0.39, 0.29) is 23.5 Å². The fourth-order valence-corrected chi connectivity index (χ4v) is 3.51. The van der Waals surface area contributed by atoms with Gasteiger partial charge in [-0.15, -0.1) is 0 Å². The summed E-state index contributed by atoms with van der Waals surface area (Å²) < 4.78 is 29.4. The molecule has 3 rings (SSSR count). The first-order valence-corrected chi connectivity index (χ1v) is 7.84. The van der Waals surface area contributed by atoms with Crippen molar-refractivity contribution < 1.29 is 18.3 Å². The van der Waals surface area contributed by atoms with E-state index in [1.165, 1.54) is 6.07 Å². The number of hydrogen-bond acceptors (Lipinski definition) is 3. The third kappa shape index (κ3) is 3.55. The molecule has 2 fully saturated rings. The van der Waals surface area contributed by atoms with Crippen LogP contribution in [0, 0.1) is 5.92 Å². The number of likely N-dealkylation sites (N-methyl/N-ethyl adjacent to an activating group) is 1. The standard InChI is InChI=1S/C16H21F2N3O2/c1-20-8-6-11-7-9-21(13(11)10-20)16(22)19-12-4-2-3-5-14(12)23-15(17)18/h2-5,11,13,15H,6-10H2,1H3,(H,19,22)/t11-,13+/m1/s1. The number of fused-ring (bicyclic) bond motifs is 1. The number of alkyl halides is 2. The molecule has 0 spiro atoms. The number of halogens is 2. The predicted octanol–water partition coefficient (Wildman–Crippen LogP) is 2.85. The summed E-state index contributed by atoms with van der Waals surface area (Å²) >= 11 is 0. The molecule has 7 heteroatoms. The number of anilines is 1. The molecular formula is C16H21F2N3O2. The minimum Gasteiger partial charge on any atom is -0.433 e. The molecule has 2 saturated heterocycles. The molecule has 5 nitrogen and oxygen atoms in total. The number of rotatable bonds is 3. The summed E-state index contributed by atoms with van der Waals surface area (Å²) in [5, 5.41) is 2.72. The number of carbonyl (C=O) groups excluding carboxylic acids is 1. The van der Waals surface area contributed by atoms with E-state index < -0.39 is 6.61 Å². The van der Waals surface area contributed by atoms with Crippen molar-refractivity contribution >= 4 is 11.7 Å². The van der Waals surface area contributed by atoms with Crippen molar-refractivity contribution in [2.75, 3.05) is 32.0 Å². The van der Waals surface area contributed by atoms with Crippen LogP contribution in [-0.4, -0.2) is 55.2 Å². The van der Waals surface area contributed by atoms with Gasteiger partial charge in [0.25, 0.3) is 0 Å². The third-order valence-corrected chi connectivity index (χ3v) is 4.67. The summed E-state index contributed by atoms with van der Waals surface area (Å²) in [6.45, 7) is -0.307. The first-order valence-electron chi connectivity index (χ1n) is 7.84. The van der Waals surface area contributed by atoms with Crippen molar-refractivity contribution in [1.82, 2.24) is 9.80 Å². The molecule has 2 heterocycles. The molecule has 0 unspecified atom stereocenters. The molecule has 0 aliphatic carbocycles. The van der Waals surface area contributed by atoms with Crippen LogP contribution in [0.4, 0.5) is 19.3 Å². The van der Waals surface area contributed by atoms with Gasteiger partial charge in [0, 0.05) is 19.1 Å². The first kappa shape index (κ1) is 16.0. The zero-order valence-corrected chi connectivity index (χ0v) is 13.0. The van der Waals surface area contributed by atoms with Gasteiger partial charge in [0.1, 0.15) is 5.75 Å². The molecule has 0 aromatic heterocycles. The zero-order chi connectivity index (χ0) is 16.4. The predicted molar refractivity (Wildman–Crippen MR) is 82.8 cm³/mol. The van der Waals surface area contributed by atoms with Crippen molar-refractivity contribution in [3.63, 3.8) is 0 Å². The van der Waals surface area contributed by atoms with Crippen molar-refractivity contribution in [2.24, 2.45) is 5.92 Å². The van der Waals surface area contributed by atoms with Crippen LogP contribution in [0.2, 0.25) is 0 Å². The van der Waals surface area contributed by atoms with Crippen LogP contribution in [-0.2, 0) is 0 Å². The Hall–Kier alpha value is -1.89. The number of nitrogens with zero attached hydrogens (tertiary/aromatic N) is 2. The molecule has 1 aromatic rings. The molecule has 1 aromatic carbocycles. The van der Waals surface area contributed by atoms with E-state index >= 15 is 0 Å². The van der Waals surface area contributed by atoms with E-state index in [0.717, 1.165) is 25.9 Å². The summed E-state index contributed by atoms with van der Waals surface area (Å²) in [4.78, 5) is 16.6. The summed E-state index contributed by atoms with van der Waals surface area (Å²) in [5.41, 5.74) is 0.269. The van der Waals surface area contributed by atoms with E-state index in [2.05, 4.69) is 22.0 Å². The minimum absolute atomic E-state index is 0.0210. The number of ether oxygens (including phenoxy) is 1. The Morgan fingerprint density at radius 3 is 2.83 bits per heavy atom. The third-order valence-electron chi connectivity index (χ3n) is 4.67. The van der Waals surface area contributed by atoms with Gasteiger partial charge in [-0.3, -0.25) is 0 Å². The second-order valence-corrected chi connectivity index (χ2v) is 6.17. The zero-order valence-electron chi connectivity index (χ0n) is 13.0. The highest BCUT2D eigenvalue weighted by atomic mass is 19.3. The van der Waals surface area contributed by atoms with E-state index in [1.54, 1.807) is 18.2 Å². The van der Waals surface area contributed by atoms with Crippen LogP contribution in [0.5, 0.6) is 5.75 Å². The van der Waals surface area contributed by atoms with E-state index in [0.29, 0.717) is 12.5 Å². The van der Waals surface area contributed by atoms with E-state index in [1.807, 2.05) is 4.90 Å². The fraction of sp³-hybridized carbons (Fsp3) is 0.562. The Balaban J connectivity index is 1.70. The van der Waals surface area contributed by atoms with Gasteiger partial charge in [0.05, 0.1) is 5.69 Å². The van der Waals surface area contributed by atoms with Crippen molar-refractivity contribution in [3.8, 4) is 5.75 Å². The second kappa shape index (κ2) is 6.70. The van der Waals surface area contributed by atoms with Gasteiger partial charge < -0.3 is 19.9 Å². The largest absolute Gasteiger partial charge is 0.433 e. The van der Waals surface area contributed by atoms with E-state index in [4.69, 9.17) is 0 Å². The number of hydrogen-bond donors (Lipinski definition) is 1. The average molecular weight is 325 g/mol. The molecular weight excluding hydrogens is 304 g/mol. The van der Waals surface area contributed by atoms with Crippen molar-refractivity contribution in [2.45, 2.75) is 25.5 Å². The monoisotopic (exact) mass is 325 g/mol. The Morgan fingerprint density at radius 1 is 1.30 bits per heavy atom. The van der Waals surface area contributed by atoms with Gasteiger partial charge in [0.15, 0.2) is 0 Å². The topological polar surface area (TPSA) is 44.8 Å². The Kier molecular flexibility index (Phi) is 4.66. The average Bonchev–Trinajstić information content (AvgIpc) is 2.91. The number of urea groups is 1. The van der Waals surface area contributed by atoms with Crippen LogP contribution in [0.15, 0.2) is 24.3 Å². The lowest BCUT2D eigenvalue weighted by molar-refractivity contribution is -0.0493. The van der Waals surface area contributed by atoms with Crippen LogP contribution in [0.1, 0.15) is 12.8 Å². The maximum atomic E-state index is 12.6. The molecule has 126 valence electrons. The fourth-order valence-electron chi connectivity index (χ4n) is 3.51. The number of likely N-dealkylation sites (tertiary alicyclic amines) is 2. The SMILES string of the molecule is CN1CC[C@@H]2CCN(C(=O)Nc3ccccc3OC(F)F)[C@H]2C1. The van der Waals surface area contributed by atoms with Crippen molar-refractivity contribution in [1.29, 1.82) is 0 Å². The number of benzene rings is 1. The van der Waals surface area contributed by atoms with Crippen LogP contribution >= 0.6 is 0 Å². The number of amides is 2. The first-order chi connectivity index (χ1) is 11.0. The summed E-state index contributed by atoms with van der Waals surface area (Å²) in [6, 6.07) is 6.19. The molecule has 2 atom stereocenters. The molecule has 0 bridgehead atoms. The van der Waals surface area contributed by atoms with Crippen LogP contribution in [0.3, 0.4) is 0 Å². The smallest absolute Gasteiger partial charge is 0.387 e. The lowest BCUT2D eigenvalue weighted by Crippen LogP contribution is -2.49. The maximum Gasteiger partial charge on any atom is 0.387 e. The molecule has 2 aliphatic heterocycles. The van der Waals surface area contributed by atoms with Crippen LogP contribution < -0.4 is 10.1 Å². The normalized spacial score (nSPS) is 24.6. The lowest BCUT2D eigenvalue weighted by Gasteiger charge is -2.36. The lowest BCUT2D eigenvalue weighted by atomic mass is 9.92. The molecule has 1 N–H and O–H groups in total. The highest BCUT2D eigenvalue weighted by molar-refractivity contribution is 5.91. The molecule has 0 saturated carbocycles. The minimum atomic E-state index is -2.92. The molecule has 2 aliphatic rings. The number of piperidine rings is 1.